The molecule has 0 aliphatic carbocycles. The molecule has 1 aromatic carbocycles. The van der Waals surface area contributed by atoms with E-state index in [4.69, 9.17) is 4.74 Å². The molecule has 4 nitrogen and oxygen atoms in total. The molecule has 0 bridgehead atoms. The van der Waals surface area contributed by atoms with Crippen molar-refractivity contribution in [3.63, 3.8) is 0 Å². The molecule has 22 heavy (non-hydrogen) atoms. The van der Waals surface area contributed by atoms with Gasteiger partial charge >= 0.3 is 0 Å². The van der Waals surface area contributed by atoms with Crippen LogP contribution in [0.3, 0.4) is 0 Å². The van der Waals surface area contributed by atoms with E-state index in [0.717, 1.165) is 24.4 Å². The third kappa shape index (κ3) is 3.12. The first kappa shape index (κ1) is 15.3. The van der Waals surface area contributed by atoms with Crippen LogP contribution in [0.4, 0.5) is 5.69 Å². The second kappa shape index (κ2) is 5.92. The Morgan fingerprint density at radius 1 is 1.45 bits per heavy atom. The number of hydrogen-bond donors (Lipinski definition) is 1. The van der Waals surface area contributed by atoms with Gasteiger partial charge in [0, 0.05) is 12.5 Å². The lowest BCUT2D eigenvalue weighted by Crippen LogP contribution is -2.49. The van der Waals surface area contributed by atoms with Crippen LogP contribution in [-0.4, -0.2) is 30.6 Å². The van der Waals surface area contributed by atoms with Crippen LogP contribution in [-0.2, 0) is 11.2 Å². The van der Waals surface area contributed by atoms with Gasteiger partial charge in [-0.2, -0.15) is 0 Å². The molecule has 4 heteroatoms. The van der Waals surface area contributed by atoms with Crippen LogP contribution in [0.1, 0.15) is 45.6 Å². The Balaban J connectivity index is 1.89. The highest BCUT2D eigenvalue weighted by Crippen LogP contribution is 2.38. The Morgan fingerprint density at radius 3 is 2.95 bits per heavy atom. The van der Waals surface area contributed by atoms with Crippen molar-refractivity contribution in [1.29, 1.82) is 0 Å². The summed E-state index contributed by atoms with van der Waals surface area (Å²) in [5.74, 6) is 0.981. The van der Waals surface area contributed by atoms with E-state index in [1.54, 1.807) is 0 Å². The van der Waals surface area contributed by atoms with Crippen molar-refractivity contribution in [2.45, 2.75) is 58.1 Å². The molecule has 2 heterocycles. The summed E-state index contributed by atoms with van der Waals surface area (Å²) < 4.78 is 6.06. The number of ether oxygens (including phenoxy) is 1. The SMILES string of the molecule is CCC(=O)N1CC(C)(C)Oc2ccc(CC3CCCN3)cc21. The van der Waals surface area contributed by atoms with Crippen LogP contribution in [0.2, 0.25) is 0 Å². The summed E-state index contributed by atoms with van der Waals surface area (Å²) in [5.41, 5.74) is 1.86. The second-order valence-corrected chi connectivity index (χ2v) is 6.99. The highest BCUT2D eigenvalue weighted by Gasteiger charge is 2.34. The normalized spacial score (nSPS) is 23.0. The number of fused-ring (bicyclic) bond motifs is 1. The number of anilines is 1. The van der Waals surface area contributed by atoms with Crippen molar-refractivity contribution in [2.24, 2.45) is 0 Å². The number of rotatable bonds is 3. The van der Waals surface area contributed by atoms with E-state index in [2.05, 4.69) is 17.4 Å². The van der Waals surface area contributed by atoms with E-state index in [9.17, 15) is 4.79 Å². The van der Waals surface area contributed by atoms with Crippen LogP contribution in [0.15, 0.2) is 18.2 Å². The molecule has 0 spiro atoms. The molecule has 0 saturated carbocycles. The summed E-state index contributed by atoms with van der Waals surface area (Å²) in [6.45, 7) is 7.70. The molecule has 0 aromatic heterocycles. The van der Waals surface area contributed by atoms with Crippen molar-refractivity contribution in [1.82, 2.24) is 5.32 Å². The topological polar surface area (TPSA) is 41.6 Å². The Bertz CT molecular complexity index is 562. The van der Waals surface area contributed by atoms with Gasteiger partial charge in [0.15, 0.2) is 0 Å². The van der Waals surface area contributed by atoms with E-state index in [0.29, 0.717) is 19.0 Å². The molecule has 2 aliphatic heterocycles. The maximum absolute atomic E-state index is 12.3. The highest BCUT2D eigenvalue weighted by molar-refractivity contribution is 5.95. The molecule has 1 fully saturated rings. The maximum Gasteiger partial charge on any atom is 0.226 e. The number of benzene rings is 1. The molecule has 1 aromatic rings. The first-order chi connectivity index (χ1) is 10.5. The van der Waals surface area contributed by atoms with Gasteiger partial charge in [0.2, 0.25) is 5.91 Å². The third-order valence-corrected chi connectivity index (χ3v) is 4.49. The Morgan fingerprint density at radius 2 is 2.27 bits per heavy atom. The number of hydrogen-bond acceptors (Lipinski definition) is 3. The zero-order chi connectivity index (χ0) is 15.7. The van der Waals surface area contributed by atoms with Crippen LogP contribution in [0, 0.1) is 0 Å². The predicted molar refractivity (Wildman–Crippen MR) is 88.5 cm³/mol. The smallest absolute Gasteiger partial charge is 0.226 e. The lowest BCUT2D eigenvalue weighted by atomic mass is 10.00. The first-order valence-electron chi connectivity index (χ1n) is 8.34. The van der Waals surface area contributed by atoms with Crippen molar-refractivity contribution in [3.8, 4) is 5.75 Å². The number of amides is 1. The molecule has 120 valence electrons. The Labute approximate surface area is 132 Å². The largest absolute Gasteiger partial charge is 0.484 e. The van der Waals surface area contributed by atoms with Gasteiger partial charge < -0.3 is 15.0 Å². The van der Waals surface area contributed by atoms with E-state index < -0.39 is 0 Å². The molecule has 1 N–H and O–H groups in total. The fourth-order valence-electron chi connectivity index (χ4n) is 3.41. The van der Waals surface area contributed by atoms with Gasteiger partial charge in [-0.3, -0.25) is 4.79 Å². The monoisotopic (exact) mass is 302 g/mol. The molecule has 2 aliphatic rings. The third-order valence-electron chi connectivity index (χ3n) is 4.49. The lowest BCUT2D eigenvalue weighted by molar-refractivity contribution is -0.119. The predicted octanol–water partition coefficient (Wildman–Crippen LogP) is 2.90. The highest BCUT2D eigenvalue weighted by atomic mass is 16.5. The standard InChI is InChI=1S/C18H26N2O2/c1-4-17(21)20-12-18(2,3)22-16-8-7-13(11-15(16)20)10-14-6-5-9-19-14/h7-8,11,14,19H,4-6,9-10,12H2,1-3H3. The Kier molecular flexibility index (Phi) is 4.13. The van der Waals surface area contributed by atoms with Crippen molar-refractivity contribution in [2.75, 3.05) is 18.0 Å². The van der Waals surface area contributed by atoms with Crippen LogP contribution >= 0.6 is 0 Å². The zero-order valence-corrected chi connectivity index (χ0v) is 13.8. The molecule has 1 amide bonds. The lowest BCUT2D eigenvalue weighted by Gasteiger charge is -2.40. The van der Waals surface area contributed by atoms with E-state index >= 15 is 0 Å². The van der Waals surface area contributed by atoms with Gasteiger partial charge in [-0.1, -0.05) is 13.0 Å². The molecular weight excluding hydrogens is 276 g/mol. The maximum atomic E-state index is 12.3. The van der Waals surface area contributed by atoms with Gasteiger partial charge in [0.05, 0.1) is 12.2 Å². The van der Waals surface area contributed by atoms with Gasteiger partial charge in [-0.05, 0) is 57.4 Å². The summed E-state index contributed by atoms with van der Waals surface area (Å²) >= 11 is 0. The molecule has 0 radical (unpaired) electrons. The van der Waals surface area contributed by atoms with E-state index in [1.165, 1.54) is 18.4 Å². The Hall–Kier alpha value is -1.55. The van der Waals surface area contributed by atoms with Crippen LogP contribution in [0.25, 0.3) is 0 Å². The fourth-order valence-corrected chi connectivity index (χ4v) is 3.41. The summed E-state index contributed by atoms with van der Waals surface area (Å²) in [6, 6.07) is 6.86. The molecule has 1 atom stereocenters. The molecule has 1 unspecified atom stereocenters. The van der Waals surface area contributed by atoms with Crippen molar-refractivity contribution >= 4 is 11.6 Å². The average Bonchev–Trinajstić information content (AvgIpc) is 2.98. The van der Waals surface area contributed by atoms with Crippen molar-refractivity contribution < 1.29 is 9.53 Å². The summed E-state index contributed by atoms with van der Waals surface area (Å²) in [5, 5.41) is 3.53. The minimum Gasteiger partial charge on any atom is -0.484 e. The minimum absolute atomic E-state index is 0.161. The summed E-state index contributed by atoms with van der Waals surface area (Å²) in [4.78, 5) is 14.2. The quantitative estimate of drug-likeness (QED) is 0.933. The van der Waals surface area contributed by atoms with Crippen LogP contribution in [0.5, 0.6) is 5.75 Å². The summed E-state index contributed by atoms with van der Waals surface area (Å²) in [7, 11) is 0. The van der Waals surface area contributed by atoms with Crippen molar-refractivity contribution in [3.05, 3.63) is 23.8 Å². The number of carbonyl (C=O) groups is 1. The van der Waals surface area contributed by atoms with Gasteiger partial charge in [-0.15, -0.1) is 0 Å². The van der Waals surface area contributed by atoms with Crippen LogP contribution < -0.4 is 15.0 Å². The number of carbonyl (C=O) groups excluding carboxylic acids is 1. The van der Waals surface area contributed by atoms with E-state index in [1.807, 2.05) is 31.7 Å². The van der Waals surface area contributed by atoms with Gasteiger partial charge in [0.1, 0.15) is 11.4 Å². The molecule has 3 rings (SSSR count). The average molecular weight is 302 g/mol. The summed E-state index contributed by atoms with van der Waals surface area (Å²) in [6.07, 6.45) is 4.03. The fraction of sp³-hybridized carbons (Fsp3) is 0.611. The number of nitrogens with zero attached hydrogens (tertiary/aromatic N) is 1. The number of nitrogens with one attached hydrogen (secondary N) is 1. The molecular formula is C18H26N2O2. The zero-order valence-electron chi connectivity index (χ0n) is 13.8. The minimum atomic E-state index is -0.341. The van der Waals surface area contributed by atoms with Gasteiger partial charge in [-0.25, -0.2) is 0 Å². The second-order valence-electron chi connectivity index (χ2n) is 6.99. The first-order valence-corrected chi connectivity index (χ1v) is 8.34. The van der Waals surface area contributed by atoms with E-state index in [-0.39, 0.29) is 11.5 Å². The molecule has 1 saturated heterocycles. The van der Waals surface area contributed by atoms with Gasteiger partial charge in [0.25, 0.3) is 0 Å².